The Morgan fingerprint density at radius 2 is 2.27 bits per heavy atom. The summed E-state index contributed by atoms with van der Waals surface area (Å²) in [6.45, 7) is 4.12. The molecule has 1 aromatic heterocycles. The molecule has 0 aliphatic rings. The summed E-state index contributed by atoms with van der Waals surface area (Å²) in [5.74, 6) is 0. The van der Waals surface area contributed by atoms with Crippen molar-refractivity contribution in [2.45, 2.75) is 19.9 Å². The van der Waals surface area contributed by atoms with Crippen molar-refractivity contribution in [1.29, 1.82) is 0 Å². The topological polar surface area (TPSA) is 24.9 Å². The van der Waals surface area contributed by atoms with Crippen LogP contribution in [0.15, 0.2) is 18.5 Å². The monoisotopic (exact) mass is 170 g/mol. The van der Waals surface area contributed by atoms with Crippen LogP contribution in [0.1, 0.15) is 13.8 Å². The molecule has 0 fully saturated rings. The van der Waals surface area contributed by atoms with E-state index in [0.29, 0.717) is 11.1 Å². The normalized spacial score (nSPS) is 10.2. The molecular weight excluding hydrogens is 160 g/mol. The van der Waals surface area contributed by atoms with Crippen LogP contribution in [-0.4, -0.2) is 11.0 Å². The lowest BCUT2D eigenvalue weighted by Gasteiger charge is -2.09. The predicted octanol–water partition coefficient (Wildman–Crippen LogP) is 2.56. The first-order valence-electron chi connectivity index (χ1n) is 3.56. The van der Waals surface area contributed by atoms with Crippen LogP contribution in [0, 0.1) is 0 Å². The van der Waals surface area contributed by atoms with Crippen LogP contribution in [0.3, 0.4) is 0 Å². The van der Waals surface area contributed by atoms with Gasteiger partial charge >= 0.3 is 0 Å². The zero-order chi connectivity index (χ0) is 8.27. The Hall–Kier alpha value is -0.760. The summed E-state index contributed by atoms with van der Waals surface area (Å²) in [6.07, 6.45) is 3.40. The van der Waals surface area contributed by atoms with Gasteiger partial charge in [-0.15, -0.1) is 0 Å². The van der Waals surface area contributed by atoms with Gasteiger partial charge in [0.05, 0.1) is 16.9 Å². The molecule has 0 saturated carbocycles. The summed E-state index contributed by atoms with van der Waals surface area (Å²) in [5.41, 5.74) is 0.893. The number of pyridine rings is 1. The quantitative estimate of drug-likeness (QED) is 0.738. The van der Waals surface area contributed by atoms with Crippen molar-refractivity contribution in [3.8, 4) is 0 Å². The molecule has 2 nitrogen and oxygen atoms in total. The van der Waals surface area contributed by atoms with Crippen LogP contribution in [-0.2, 0) is 0 Å². The minimum Gasteiger partial charge on any atom is -0.380 e. The molecule has 60 valence electrons. The summed E-state index contributed by atoms with van der Waals surface area (Å²) >= 11 is 5.87. The summed E-state index contributed by atoms with van der Waals surface area (Å²) in [4.78, 5) is 3.95. The highest BCUT2D eigenvalue weighted by Gasteiger charge is 1.99. The fourth-order valence-corrected chi connectivity index (χ4v) is 0.954. The molecule has 0 bridgehead atoms. The average molecular weight is 171 g/mol. The molecule has 1 heterocycles. The van der Waals surface area contributed by atoms with Crippen molar-refractivity contribution in [3.05, 3.63) is 23.5 Å². The highest BCUT2D eigenvalue weighted by molar-refractivity contribution is 6.33. The number of hydrogen-bond donors (Lipinski definition) is 1. The Morgan fingerprint density at radius 3 is 2.82 bits per heavy atom. The van der Waals surface area contributed by atoms with E-state index in [4.69, 9.17) is 11.6 Å². The molecule has 0 aromatic carbocycles. The third kappa shape index (κ3) is 2.39. The van der Waals surface area contributed by atoms with Gasteiger partial charge in [-0.25, -0.2) is 0 Å². The first-order chi connectivity index (χ1) is 5.20. The Morgan fingerprint density at radius 1 is 1.55 bits per heavy atom. The van der Waals surface area contributed by atoms with Crippen molar-refractivity contribution in [1.82, 2.24) is 4.98 Å². The smallest absolute Gasteiger partial charge is 0.0717 e. The van der Waals surface area contributed by atoms with Gasteiger partial charge < -0.3 is 5.32 Å². The molecule has 1 rings (SSSR count). The van der Waals surface area contributed by atoms with Crippen LogP contribution in [0.5, 0.6) is 0 Å². The number of aromatic nitrogens is 1. The van der Waals surface area contributed by atoms with E-state index in [-0.39, 0.29) is 0 Å². The van der Waals surface area contributed by atoms with Gasteiger partial charge in [-0.05, 0) is 19.9 Å². The molecule has 0 atom stereocenters. The molecule has 0 aliphatic heterocycles. The van der Waals surface area contributed by atoms with Crippen LogP contribution < -0.4 is 5.32 Å². The minimum atomic E-state index is 0.386. The van der Waals surface area contributed by atoms with Gasteiger partial charge in [0, 0.05) is 12.2 Å². The van der Waals surface area contributed by atoms with Crippen LogP contribution >= 0.6 is 11.6 Å². The number of nitrogens with one attached hydrogen (secondary N) is 1. The standard InChI is InChI=1S/C8H11ClN2/c1-6(2)11-8-5-10-4-3-7(8)9/h3-6,11H,1-2H3. The summed E-state index contributed by atoms with van der Waals surface area (Å²) in [7, 11) is 0. The third-order valence-electron chi connectivity index (χ3n) is 1.21. The SMILES string of the molecule is CC(C)Nc1cnccc1Cl. The molecule has 1 aromatic rings. The summed E-state index contributed by atoms with van der Waals surface area (Å²) in [6, 6.07) is 2.16. The highest BCUT2D eigenvalue weighted by atomic mass is 35.5. The molecule has 1 N–H and O–H groups in total. The van der Waals surface area contributed by atoms with Gasteiger partial charge in [0.1, 0.15) is 0 Å². The van der Waals surface area contributed by atoms with E-state index < -0.39 is 0 Å². The zero-order valence-electron chi connectivity index (χ0n) is 6.63. The molecule has 0 saturated heterocycles. The van der Waals surface area contributed by atoms with E-state index in [1.165, 1.54) is 0 Å². The molecule has 0 radical (unpaired) electrons. The molecule has 0 spiro atoms. The molecule has 0 unspecified atom stereocenters. The van der Waals surface area contributed by atoms with Crippen molar-refractivity contribution in [2.24, 2.45) is 0 Å². The van der Waals surface area contributed by atoms with Crippen molar-refractivity contribution < 1.29 is 0 Å². The lowest BCUT2D eigenvalue weighted by atomic mass is 10.3. The first-order valence-corrected chi connectivity index (χ1v) is 3.94. The second-order valence-corrected chi connectivity index (χ2v) is 3.06. The van der Waals surface area contributed by atoms with E-state index in [2.05, 4.69) is 24.1 Å². The van der Waals surface area contributed by atoms with Crippen molar-refractivity contribution >= 4 is 17.3 Å². The Balaban J connectivity index is 2.78. The van der Waals surface area contributed by atoms with Crippen LogP contribution in [0.4, 0.5) is 5.69 Å². The van der Waals surface area contributed by atoms with Gasteiger partial charge in [-0.3, -0.25) is 4.98 Å². The second-order valence-electron chi connectivity index (χ2n) is 2.65. The minimum absolute atomic E-state index is 0.386. The Kier molecular flexibility index (Phi) is 2.71. The van der Waals surface area contributed by atoms with E-state index in [1.807, 2.05) is 0 Å². The predicted molar refractivity (Wildman–Crippen MR) is 48.0 cm³/mol. The Bertz CT molecular complexity index is 235. The third-order valence-corrected chi connectivity index (χ3v) is 1.54. The number of hydrogen-bond acceptors (Lipinski definition) is 2. The fourth-order valence-electron chi connectivity index (χ4n) is 0.795. The van der Waals surface area contributed by atoms with Crippen LogP contribution in [0.2, 0.25) is 5.02 Å². The number of halogens is 1. The fraction of sp³-hybridized carbons (Fsp3) is 0.375. The molecule has 0 aliphatic carbocycles. The highest BCUT2D eigenvalue weighted by Crippen LogP contribution is 2.19. The van der Waals surface area contributed by atoms with Gasteiger partial charge in [-0.1, -0.05) is 11.6 Å². The number of rotatable bonds is 2. The van der Waals surface area contributed by atoms with Gasteiger partial charge in [0.2, 0.25) is 0 Å². The Labute approximate surface area is 71.6 Å². The van der Waals surface area contributed by atoms with E-state index in [0.717, 1.165) is 5.69 Å². The molecule has 3 heteroatoms. The molecule has 11 heavy (non-hydrogen) atoms. The van der Waals surface area contributed by atoms with Crippen molar-refractivity contribution in [3.63, 3.8) is 0 Å². The van der Waals surface area contributed by atoms with Crippen LogP contribution in [0.25, 0.3) is 0 Å². The number of anilines is 1. The lowest BCUT2D eigenvalue weighted by molar-refractivity contribution is 0.898. The lowest BCUT2D eigenvalue weighted by Crippen LogP contribution is -2.09. The maximum atomic E-state index is 5.87. The van der Waals surface area contributed by atoms with E-state index in [9.17, 15) is 0 Å². The molecular formula is C8H11ClN2. The maximum absolute atomic E-state index is 5.87. The number of nitrogens with zero attached hydrogens (tertiary/aromatic N) is 1. The van der Waals surface area contributed by atoms with Gasteiger partial charge in [-0.2, -0.15) is 0 Å². The van der Waals surface area contributed by atoms with E-state index in [1.54, 1.807) is 18.5 Å². The van der Waals surface area contributed by atoms with Gasteiger partial charge in [0.25, 0.3) is 0 Å². The largest absolute Gasteiger partial charge is 0.380 e. The maximum Gasteiger partial charge on any atom is 0.0717 e. The van der Waals surface area contributed by atoms with E-state index >= 15 is 0 Å². The molecule has 0 amide bonds. The van der Waals surface area contributed by atoms with Gasteiger partial charge in [0.15, 0.2) is 0 Å². The summed E-state index contributed by atoms with van der Waals surface area (Å²) in [5, 5.41) is 3.89. The van der Waals surface area contributed by atoms with Crippen molar-refractivity contribution in [2.75, 3.05) is 5.32 Å². The second kappa shape index (κ2) is 3.58. The average Bonchev–Trinajstić information content (AvgIpc) is 1.93. The zero-order valence-corrected chi connectivity index (χ0v) is 7.39. The first kappa shape index (κ1) is 8.34. The summed E-state index contributed by atoms with van der Waals surface area (Å²) < 4.78 is 0.